The van der Waals surface area contributed by atoms with Crippen molar-refractivity contribution in [3.05, 3.63) is 71.3 Å². The van der Waals surface area contributed by atoms with Gasteiger partial charge in [0, 0.05) is 11.5 Å². The summed E-state index contributed by atoms with van der Waals surface area (Å²) >= 11 is 0. The molecule has 1 aliphatic carbocycles. The Labute approximate surface area is 105 Å². The van der Waals surface area contributed by atoms with E-state index in [0.29, 0.717) is 11.1 Å². The monoisotopic (exact) mass is 240 g/mol. The summed E-state index contributed by atoms with van der Waals surface area (Å²) < 4.78 is 0. The van der Waals surface area contributed by atoms with E-state index in [4.69, 9.17) is 5.11 Å². The Morgan fingerprint density at radius 3 is 2.67 bits per heavy atom. The molecular weight excluding hydrogens is 228 g/mol. The van der Waals surface area contributed by atoms with Crippen LogP contribution in [0.5, 0.6) is 0 Å². The van der Waals surface area contributed by atoms with Crippen LogP contribution in [0.3, 0.4) is 0 Å². The SMILES string of the molecule is C=CC1=CC(c2ccccc2C(=O)O)C(C=O)=C1. The lowest BCUT2D eigenvalue weighted by molar-refractivity contribution is -0.105. The minimum absolute atomic E-state index is 0.219. The standard InChI is InChI=1S/C15H12O3/c1-2-10-7-11(9-16)14(8-10)12-5-3-4-6-13(12)15(17)18/h2-9,14H,1H2,(H,17,18). The van der Waals surface area contributed by atoms with Crippen LogP contribution in [0.4, 0.5) is 0 Å². The fourth-order valence-electron chi connectivity index (χ4n) is 2.09. The van der Waals surface area contributed by atoms with Gasteiger partial charge in [0.1, 0.15) is 6.29 Å². The Bertz CT molecular complexity index is 579. The molecule has 0 spiro atoms. The van der Waals surface area contributed by atoms with Gasteiger partial charge in [0.05, 0.1) is 5.56 Å². The lowest BCUT2D eigenvalue weighted by Crippen LogP contribution is -2.07. The summed E-state index contributed by atoms with van der Waals surface area (Å²) in [5.41, 5.74) is 2.23. The maximum absolute atomic E-state index is 11.2. The molecule has 18 heavy (non-hydrogen) atoms. The number of carboxylic acid groups (broad SMARTS) is 1. The minimum atomic E-state index is -0.990. The van der Waals surface area contributed by atoms with Crippen LogP contribution < -0.4 is 0 Å². The van der Waals surface area contributed by atoms with E-state index in [1.165, 1.54) is 0 Å². The number of aldehydes is 1. The van der Waals surface area contributed by atoms with Crippen LogP contribution in [-0.4, -0.2) is 17.4 Å². The van der Waals surface area contributed by atoms with Crippen molar-refractivity contribution in [1.29, 1.82) is 0 Å². The number of rotatable bonds is 4. The lowest BCUT2D eigenvalue weighted by atomic mass is 9.90. The predicted molar refractivity (Wildman–Crippen MR) is 68.6 cm³/mol. The molecule has 3 nitrogen and oxygen atoms in total. The number of benzene rings is 1. The smallest absolute Gasteiger partial charge is 0.335 e. The second-order valence-corrected chi connectivity index (χ2v) is 4.00. The summed E-state index contributed by atoms with van der Waals surface area (Å²) in [6.07, 6.45) is 5.98. The zero-order chi connectivity index (χ0) is 13.1. The van der Waals surface area contributed by atoms with Gasteiger partial charge in [-0.1, -0.05) is 36.9 Å². The first-order valence-electron chi connectivity index (χ1n) is 5.50. The Hall–Kier alpha value is -2.42. The Morgan fingerprint density at radius 1 is 1.33 bits per heavy atom. The zero-order valence-corrected chi connectivity index (χ0v) is 9.67. The van der Waals surface area contributed by atoms with E-state index in [1.807, 2.05) is 6.08 Å². The van der Waals surface area contributed by atoms with Gasteiger partial charge < -0.3 is 5.11 Å². The number of carbonyl (C=O) groups is 2. The van der Waals surface area contributed by atoms with Gasteiger partial charge in [-0.3, -0.25) is 4.79 Å². The van der Waals surface area contributed by atoms with Crippen molar-refractivity contribution in [2.24, 2.45) is 0 Å². The molecule has 0 heterocycles. The van der Waals surface area contributed by atoms with E-state index in [0.717, 1.165) is 11.9 Å². The third-order valence-electron chi connectivity index (χ3n) is 2.95. The van der Waals surface area contributed by atoms with Crippen molar-refractivity contribution in [3.63, 3.8) is 0 Å². The Morgan fingerprint density at radius 2 is 2.06 bits per heavy atom. The Kier molecular flexibility index (Phi) is 3.24. The van der Waals surface area contributed by atoms with E-state index in [2.05, 4.69) is 6.58 Å². The largest absolute Gasteiger partial charge is 0.478 e. The fourth-order valence-corrected chi connectivity index (χ4v) is 2.09. The van der Waals surface area contributed by atoms with E-state index >= 15 is 0 Å². The molecule has 0 aliphatic heterocycles. The predicted octanol–water partition coefficient (Wildman–Crippen LogP) is 2.72. The molecule has 0 saturated heterocycles. The van der Waals surface area contributed by atoms with Gasteiger partial charge in [0.15, 0.2) is 0 Å². The molecule has 0 saturated carbocycles. The van der Waals surface area contributed by atoms with Crippen molar-refractivity contribution >= 4 is 12.3 Å². The minimum Gasteiger partial charge on any atom is -0.478 e. The summed E-state index contributed by atoms with van der Waals surface area (Å²) in [6, 6.07) is 6.71. The van der Waals surface area contributed by atoms with Crippen LogP contribution in [0, 0.1) is 0 Å². The number of aromatic carboxylic acids is 1. The summed E-state index contributed by atoms with van der Waals surface area (Å²) in [4.78, 5) is 22.2. The quantitative estimate of drug-likeness (QED) is 0.823. The molecule has 0 amide bonds. The first kappa shape index (κ1) is 12.0. The number of carboxylic acids is 1. The third kappa shape index (κ3) is 2.02. The van der Waals surface area contributed by atoms with Gasteiger partial charge in [-0.2, -0.15) is 0 Å². The molecule has 1 N–H and O–H groups in total. The van der Waals surface area contributed by atoms with Crippen LogP contribution in [-0.2, 0) is 4.79 Å². The summed E-state index contributed by atoms with van der Waals surface area (Å²) in [7, 11) is 0. The first-order valence-corrected chi connectivity index (χ1v) is 5.50. The van der Waals surface area contributed by atoms with E-state index in [9.17, 15) is 9.59 Å². The van der Waals surface area contributed by atoms with Crippen LogP contribution in [0.25, 0.3) is 0 Å². The molecule has 0 radical (unpaired) electrons. The average Bonchev–Trinajstić information content (AvgIpc) is 2.81. The van der Waals surface area contributed by atoms with Crippen LogP contribution in [0.2, 0.25) is 0 Å². The molecule has 0 bridgehead atoms. The summed E-state index contributed by atoms with van der Waals surface area (Å²) in [6.45, 7) is 3.65. The molecule has 0 fully saturated rings. The van der Waals surface area contributed by atoms with Crippen molar-refractivity contribution in [3.8, 4) is 0 Å². The molecular formula is C15H12O3. The molecule has 2 rings (SSSR count). The van der Waals surface area contributed by atoms with E-state index < -0.39 is 5.97 Å². The number of hydrogen-bond donors (Lipinski definition) is 1. The number of carbonyl (C=O) groups excluding carboxylic acids is 1. The lowest BCUT2D eigenvalue weighted by Gasteiger charge is -2.12. The number of hydrogen-bond acceptors (Lipinski definition) is 2. The van der Waals surface area contributed by atoms with Crippen molar-refractivity contribution in [1.82, 2.24) is 0 Å². The molecule has 1 atom stereocenters. The Balaban J connectivity index is 2.53. The molecule has 1 aliphatic rings. The van der Waals surface area contributed by atoms with E-state index in [-0.39, 0.29) is 11.5 Å². The van der Waals surface area contributed by atoms with Crippen LogP contribution >= 0.6 is 0 Å². The topological polar surface area (TPSA) is 54.4 Å². The normalized spacial score (nSPS) is 17.9. The van der Waals surface area contributed by atoms with Gasteiger partial charge >= 0.3 is 5.97 Å². The van der Waals surface area contributed by atoms with Crippen molar-refractivity contribution < 1.29 is 14.7 Å². The van der Waals surface area contributed by atoms with Crippen molar-refractivity contribution in [2.75, 3.05) is 0 Å². The third-order valence-corrected chi connectivity index (χ3v) is 2.95. The fraction of sp³-hybridized carbons (Fsp3) is 0.0667. The average molecular weight is 240 g/mol. The van der Waals surface area contributed by atoms with E-state index in [1.54, 1.807) is 36.4 Å². The summed E-state index contributed by atoms with van der Waals surface area (Å²) in [5.74, 6) is -1.29. The van der Waals surface area contributed by atoms with Gasteiger partial charge in [0.25, 0.3) is 0 Å². The van der Waals surface area contributed by atoms with Gasteiger partial charge in [0.2, 0.25) is 0 Å². The maximum atomic E-state index is 11.2. The second-order valence-electron chi connectivity index (χ2n) is 4.00. The highest BCUT2D eigenvalue weighted by Crippen LogP contribution is 2.34. The maximum Gasteiger partial charge on any atom is 0.335 e. The highest BCUT2D eigenvalue weighted by Gasteiger charge is 2.23. The second kappa shape index (κ2) is 4.84. The highest BCUT2D eigenvalue weighted by molar-refractivity contribution is 5.91. The van der Waals surface area contributed by atoms with Crippen LogP contribution in [0.1, 0.15) is 21.8 Å². The molecule has 1 aromatic rings. The molecule has 0 aromatic heterocycles. The molecule has 1 unspecified atom stereocenters. The first-order chi connectivity index (χ1) is 8.67. The van der Waals surface area contributed by atoms with Gasteiger partial charge in [-0.25, -0.2) is 4.79 Å². The van der Waals surface area contributed by atoms with Gasteiger partial charge in [-0.05, 0) is 23.3 Å². The highest BCUT2D eigenvalue weighted by atomic mass is 16.4. The molecule has 1 aromatic carbocycles. The molecule has 3 heteroatoms. The number of allylic oxidation sites excluding steroid dienone is 5. The molecule has 90 valence electrons. The van der Waals surface area contributed by atoms with Gasteiger partial charge in [-0.15, -0.1) is 0 Å². The zero-order valence-electron chi connectivity index (χ0n) is 9.67. The summed E-state index contributed by atoms with van der Waals surface area (Å²) in [5, 5.41) is 9.16. The van der Waals surface area contributed by atoms with Crippen LogP contribution in [0.15, 0.2) is 60.2 Å². The van der Waals surface area contributed by atoms with Crippen molar-refractivity contribution in [2.45, 2.75) is 5.92 Å².